The number of halogens is 1. The Bertz CT molecular complexity index is 1250. The van der Waals surface area contributed by atoms with Gasteiger partial charge in [0.2, 0.25) is 0 Å². The molecule has 0 radical (unpaired) electrons. The number of anilines is 2. The summed E-state index contributed by atoms with van der Waals surface area (Å²) >= 11 is 0. The van der Waals surface area contributed by atoms with Gasteiger partial charge in [-0.1, -0.05) is 123 Å². The van der Waals surface area contributed by atoms with E-state index in [0.717, 1.165) is 48.3 Å². The molecule has 0 bridgehead atoms. The van der Waals surface area contributed by atoms with Gasteiger partial charge in [-0.25, -0.2) is 4.39 Å². The summed E-state index contributed by atoms with van der Waals surface area (Å²) in [6, 6.07) is 22.0. The van der Waals surface area contributed by atoms with Gasteiger partial charge in [0.05, 0.1) is 5.69 Å². The van der Waals surface area contributed by atoms with E-state index in [0.29, 0.717) is 11.6 Å². The first-order chi connectivity index (χ1) is 21.7. The van der Waals surface area contributed by atoms with Crippen molar-refractivity contribution in [2.75, 3.05) is 18.4 Å². The van der Waals surface area contributed by atoms with E-state index in [1.165, 1.54) is 74.1 Å². The van der Waals surface area contributed by atoms with Crippen LogP contribution in [0.1, 0.15) is 116 Å². The fourth-order valence-corrected chi connectivity index (χ4v) is 5.67. The second-order valence-corrected chi connectivity index (χ2v) is 13.0. The van der Waals surface area contributed by atoms with Gasteiger partial charge < -0.3 is 5.32 Å². The number of piperidine rings is 1. The van der Waals surface area contributed by atoms with E-state index in [2.05, 4.69) is 93.9 Å². The van der Waals surface area contributed by atoms with Gasteiger partial charge in [0, 0.05) is 17.8 Å². The average Bonchev–Trinajstić information content (AvgIpc) is 3.84. The first-order valence-electron chi connectivity index (χ1n) is 17.8. The standard InChI is InChI=1S/C31H37FN2.C5H12.C4H8.C2H6/c1-22(2)28-20-25(13-14-30(28)33-31-12-8-7-11-29(31)32)21-34-17-15-26(16-18-34)24(4)19-27-10-6-5-9-23(27)3;1-3-5-4-2;1-4-2-3-4;1-2/h5-14,20,24,26,33H,1,15-19,21H2,2-4H3;3-5H2,1-2H3;4H,2-3H2,1H3;1-2H3. The molecular weight excluding hydrogens is 551 g/mol. The lowest BCUT2D eigenvalue weighted by Gasteiger charge is -2.35. The normalized spacial score (nSPS) is 15.3. The molecular formula is C42H63FN2. The maximum Gasteiger partial charge on any atom is 0.146 e. The average molecular weight is 615 g/mol. The molecule has 1 heterocycles. The minimum atomic E-state index is -0.251. The van der Waals surface area contributed by atoms with E-state index in [9.17, 15) is 4.39 Å². The second kappa shape index (κ2) is 21.0. The number of para-hydroxylation sites is 1. The molecule has 3 aromatic rings. The number of likely N-dealkylation sites (tertiary alicyclic amines) is 1. The Morgan fingerprint density at radius 3 is 2.04 bits per heavy atom. The van der Waals surface area contributed by atoms with Crippen LogP contribution in [0.2, 0.25) is 0 Å². The van der Waals surface area contributed by atoms with E-state index in [1.807, 2.05) is 26.8 Å². The van der Waals surface area contributed by atoms with Crippen LogP contribution in [0.4, 0.5) is 15.8 Å². The van der Waals surface area contributed by atoms with Crippen LogP contribution in [0, 0.1) is 30.5 Å². The molecule has 1 aliphatic heterocycles. The van der Waals surface area contributed by atoms with Gasteiger partial charge in [0.1, 0.15) is 5.82 Å². The number of aryl methyl sites for hydroxylation is 1. The Morgan fingerprint density at radius 1 is 0.911 bits per heavy atom. The van der Waals surface area contributed by atoms with Crippen molar-refractivity contribution in [1.82, 2.24) is 4.90 Å². The van der Waals surface area contributed by atoms with Crippen LogP contribution in [-0.4, -0.2) is 18.0 Å². The zero-order valence-corrected chi connectivity index (χ0v) is 29.9. The lowest BCUT2D eigenvalue weighted by molar-refractivity contribution is 0.146. The van der Waals surface area contributed by atoms with Crippen molar-refractivity contribution < 1.29 is 4.39 Å². The van der Waals surface area contributed by atoms with Gasteiger partial charge in [-0.15, -0.1) is 0 Å². The van der Waals surface area contributed by atoms with Crippen LogP contribution >= 0.6 is 0 Å². The van der Waals surface area contributed by atoms with E-state index < -0.39 is 0 Å². The summed E-state index contributed by atoms with van der Waals surface area (Å²) in [5.41, 5.74) is 7.59. The van der Waals surface area contributed by atoms with Gasteiger partial charge in [-0.05, 0) is 110 Å². The van der Waals surface area contributed by atoms with E-state index in [4.69, 9.17) is 0 Å². The van der Waals surface area contributed by atoms with E-state index in [-0.39, 0.29) is 5.82 Å². The monoisotopic (exact) mass is 614 g/mol. The van der Waals surface area contributed by atoms with Gasteiger partial charge in [0.25, 0.3) is 0 Å². The third-order valence-electron chi connectivity index (χ3n) is 8.91. The molecule has 1 saturated carbocycles. The molecule has 2 fully saturated rings. The molecule has 45 heavy (non-hydrogen) atoms. The zero-order valence-electron chi connectivity index (χ0n) is 29.9. The molecule has 248 valence electrons. The molecule has 1 aliphatic carbocycles. The highest BCUT2D eigenvalue weighted by Crippen LogP contribution is 2.31. The topological polar surface area (TPSA) is 15.3 Å². The Kier molecular flexibility index (Phi) is 17.9. The van der Waals surface area contributed by atoms with E-state index >= 15 is 0 Å². The lowest BCUT2D eigenvalue weighted by Crippen LogP contribution is -2.35. The first kappa shape index (κ1) is 38.3. The van der Waals surface area contributed by atoms with Crippen molar-refractivity contribution >= 4 is 16.9 Å². The molecule has 2 nitrogen and oxygen atoms in total. The maximum absolute atomic E-state index is 14.1. The summed E-state index contributed by atoms with van der Waals surface area (Å²) in [5, 5.41) is 3.25. The fraction of sp³-hybridized carbons (Fsp3) is 0.524. The summed E-state index contributed by atoms with van der Waals surface area (Å²) < 4.78 is 14.1. The summed E-state index contributed by atoms with van der Waals surface area (Å²) in [7, 11) is 0. The largest absolute Gasteiger partial charge is 0.353 e. The van der Waals surface area contributed by atoms with Crippen molar-refractivity contribution in [3.05, 3.63) is 101 Å². The van der Waals surface area contributed by atoms with Crippen LogP contribution in [0.25, 0.3) is 5.57 Å². The Hall–Kier alpha value is -2.91. The smallest absolute Gasteiger partial charge is 0.146 e. The predicted molar refractivity (Wildman–Crippen MR) is 198 cm³/mol. The highest BCUT2D eigenvalue weighted by molar-refractivity contribution is 5.77. The number of nitrogens with one attached hydrogen (secondary N) is 1. The summed E-state index contributed by atoms with van der Waals surface area (Å²) in [5.74, 6) is 2.33. The Labute approximate surface area is 276 Å². The highest BCUT2D eigenvalue weighted by Gasteiger charge is 2.24. The summed E-state index contributed by atoms with van der Waals surface area (Å²) in [4.78, 5) is 2.57. The van der Waals surface area contributed by atoms with Crippen LogP contribution in [0.15, 0.2) is 73.3 Å². The van der Waals surface area contributed by atoms with Crippen LogP contribution in [-0.2, 0) is 13.0 Å². The van der Waals surface area contributed by atoms with Crippen molar-refractivity contribution in [3.63, 3.8) is 0 Å². The number of allylic oxidation sites excluding steroid dienone is 1. The van der Waals surface area contributed by atoms with Gasteiger partial charge in [-0.2, -0.15) is 0 Å². The fourth-order valence-electron chi connectivity index (χ4n) is 5.67. The van der Waals surface area contributed by atoms with Crippen molar-refractivity contribution in [2.45, 2.75) is 113 Å². The molecule has 1 atom stereocenters. The van der Waals surface area contributed by atoms with Gasteiger partial charge in [0.15, 0.2) is 0 Å². The number of nitrogens with zero attached hydrogens (tertiary/aromatic N) is 1. The van der Waals surface area contributed by atoms with Gasteiger partial charge in [-0.3, -0.25) is 4.90 Å². The second-order valence-electron chi connectivity index (χ2n) is 13.0. The molecule has 0 spiro atoms. The van der Waals surface area contributed by atoms with Crippen molar-refractivity contribution in [1.29, 1.82) is 0 Å². The lowest BCUT2D eigenvalue weighted by atomic mass is 9.81. The predicted octanol–water partition coefficient (Wildman–Crippen LogP) is 12.6. The minimum Gasteiger partial charge on any atom is -0.353 e. The highest BCUT2D eigenvalue weighted by atomic mass is 19.1. The van der Waals surface area contributed by atoms with E-state index in [1.54, 1.807) is 12.1 Å². The third kappa shape index (κ3) is 13.9. The van der Waals surface area contributed by atoms with Gasteiger partial charge >= 0.3 is 0 Å². The number of hydrogen-bond donors (Lipinski definition) is 1. The van der Waals surface area contributed by atoms with Crippen molar-refractivity contribution in [2.24, 2.45) is 17.8 Å². The third-order valence-corrected chi connectivity index (χ3v) is 8.91. The zero-order chi connectivity index (χ0) is 33.2. The molecule has 1 saturated heterocycles. The van der Waals surface area contributed by atoms with Crippen LogP contribution in [0.3, 0.4) is 0 Å². The van der Waals surface area contributed by atoms with Crippen LogP contribution in [0.5, 0.6) is 0 Å². The Morgan fingerprint density at radius 2 is 1.51 bits per heavy atom. The van der Waals surface area contributed by atoms with Crippen molar-refractivity contribution in [3.8, 4) is 0 Å². The SMILES string of the molecule is C=C(C)c1cc(CN2CCC(C(C)Cc3ccccc3C)CC2)ccc1Nc1ccccc1F.CC.CC1CC1.CCCCC. The molecule has 1 unspecified atom stereocenters. The quantitative estimate of drug-likeness (QED) is 0.244. The first-order valence-corrected chi connectivity index (χ1v) is 17.8. The molecule has 3 heteroatoms. The number of rotatable bonds is 10. The molecule has 0 aromatic heterocycles. The molecule has 3 aromatic carbocycles. The number of unbranched alkanes of at least 4 members (excludes halogenated alkanes) is 2. The molecule has 1 N–H and O–H groups in total. The molecule has 5 rings (SSSR count). The summed E-state index contributed by atoms with van der Waals surface area (Å²) in [6.45, 7) is 24.7. The molecule has 2 aliphatic rings. The summed E-state index contributed by atoms with van der Waals surface area (Å²) in [6.07, 6.45) is 10.7. The minimum absolute atomic E-state index is 0.251. The maximum atomic E-state index is 14.1. The van der Waals surface area contributed by atoms with Crippen LogP contribution < -0.4 is 5.32 Å². The molecule has 0 amide bonds. The number of hydrogen-bond acceptors (Lipinski definition) is 2. The number of benzene rings is 3. The Balaban J connectivity index is 0.000000550.